The van der Waals surface area contributed by atoms with Crippen molar-refractivity contribution in [2.24, 2.45) is 5.10 Å². The summed E-state index contributed by atoms with van der Waals surface area (Å²) in [5, 5.41) is 19.3. The van der Waals surface area contributed by atoms with Gasteiger partial charge in [-0.05, 0) is 29.8 Å². The standard InChI is InChI=1S/C19H14BrN5O5/c20-14-3-1-2-12(6-14)10-24-15(4-5-22-24)19(26)23-21-9-13-7-17-18(30-11-29-17)8-16(13)25(27)28/h1-9H,10-11H2,(H,23,26)/b21-9-. The molecule has 0 radical (unpaired) electrons. The predicted octanol–water partition coefficient (Wildman–Crippen LogP) is 3.09. The van der Waals surface area contributed by atoms with Crippen molar-refractivity contribution in [2.45, 2.75) is 6.54 Å². The Balaban J connectivity index is 1.49. The zero-order valence-corrected chi connectivity index (χ0v) is 16.9. The number of halogens is 1. The maximum Gasteiger partial charge on any atom is 0.289 e. The summed E-state index contributed by atoms with van der Waals surface area (Å²) in [6.07, 6.45) is 2.70. The van der Waals surface area contributed by atoms with E-state index in [1.165, 1.54) is 29.2 Å². The number of amides is 1. The summed E-state index contributed by atoms with van der Waals surface area (Å²) in [5.74, 6) is 0.168. The Morgan fingerprint density at radius 1 is 1.30 bits per heavy atom. The average Bonchev–Trinajstić information content (AvgIpc) is 3.36. The Kier molecular flexibility index (Phi) is 5.44. The molecule has 0 fully saturated rings. The molecule has 1 aliphatic heterocycles. The molecule has 0 spiro atoms. The lowest BCUT2D eigenvalue weighted by Gasteiger charge is -2.07. The van der Waals surface area contributed by atoms with Crippen LogP contribution in [0.2, 0.25) is 0 Å². The highest BCUT2D eigenvalue weighted by molar-refractivity contribution is 9.10. The maximum absolute atomic E-state index is 12.5. The van der Waals surface area contributed by atoms with Crippen LogP contribution >= 0.6 is 15.9 Å². The van der Waals surface area contributed by atoms with E-state index in [0.29, 0.717) is 23.7 Å². The Bertz CT molecular complexity index is 1160. The number of hydrogen-bond donors (Lipinski definition) is 1. The average molecular weight is 472 g/mol. The molecule has 1 aliphatic rings. The monoisotopic (exact) mass is 471 g/mol. The topological polar surface area (TPSA) is 121 Å². The highest BCUT2D eigenvalue weighted by Crippen LogP contribution is 2.37. The first-order chi connectivity index (χ1) is 14.5. The number of ether oxygens (including phenoxy) is 2. The van der Waals surface area contributed by atoms with Gasteiger partial charge < -0.3 is 9.47 Å². The fraction of sp³-hybridized carbons (Fsp3) is 0.105. The van der Waals surface area contributed by atoms with E-state index in [4.69, 9.17) is 9.47 Å². The van der Waals surface area contributed by atoms with Crippen molar-refractivity contribution in [3.05, 3.63) is 80.1 Å². The molecule has 4 rings (SSSR count). The summed E-state index contributed by atoms with van der Waals surface area (Å²) in [4.78, 5) is 23.2. The third-order valence-corrected chi connectivity index (χ3v) is 4.75. The van der Waals surface area contributed by atoms with Crippen LogP contribution in [0.15, 0.2) is 58.2 Å². The summed E-state index contributed by atoms with van der Waals surface area (Å²) in [6, 6.07) is 11.9. The Morgan fingerprint density at radius 3 is 2.87 bits per heavy atom. The summed E-state index contributed by atoms with van der Waals surface area (Å²) in [6.45, 7) is 0.387. The molecule has 30 heavy (non-hydrogen) atoms. The number of aromatic nitrogens is 2. The molecular formula is C19H14BrN5O5. The number of carbonyl (C=O) groups excluding carboxylic acids is 1. The number of hydrogen-bond acceptors (Lipinski definition) is 7. The number of nitro groups is 1. The number of rotatable bonds is 6. The van der Waals surface area contributed by atoms with Gasteiger partial charge in [-0.15, -0.1) is 0 Å². The Morgan fingerprint density at radius 2 is 2.10 bits per heavy atom. The largest absolute Gasteiger partial charge is 0.454 e. The lowest BCUT2D eigenvalue weighted by Crippen LogP contribution is -2.22. The van der Waals surface area contributed by atoms with Crippen molar-refractivity contribution in [3.63, 3.8) is 0 Å². The number of carbonyl (C=O) groups is 1. The van der Waals surface area contributed by atoms with Crippen molar-refractivity contribution in [1.82, 2.24) is 15.2 Å². The number of nitro benzene ring substituents is 1. The number of hydrazone groups is 1. The zero-order chi connectivity index (χ0) is 21.1. The molecule has 0 aliphatic carbocycles. The minimum absolute atomic E-state index is 0.00814. The highest BCUT2D eigenvalue weighted by atomic mass is 79.9. The van der Waals surface area contributed by atoms with Crippen LogP contribution in [0.25, 0.3) is 0 Å². The number of fused-ring (bicyclic) bond motifs is 1. The van der Waals surface area contributed by atoms with Gasteiger partial charge in [-0.1, -0.05) is 28.1 Å². The second-order valence-electron chi connectivity index (χ2n) is 6.22. The van der Waals surface area contributed by atoms with Crippen LogP contribution in [0, 0.1) is 10.1 Å². The molecule has 2 aromatic carbocycles. The molecule has 0 bridgehead atoms. The van der Waals surface area contributed by atoms with Gasteiger partial charge in [0, 0.05) is 10.7 Å². The van der Waals surface area contributed by atoms with Gasteiger partial charge in [0.05, 0.1) is 29.3 Å². The summed E-state index contributed by atoms with van der Waals surface area (Å²) < 4.78 is 12.8. The van der Waals surface area contributed by atoms with E-state index in [0.717, 1.165) is 10.0 Å². The third kappa shape index (κ3) is 4.15. The second-order valence-corrected chi connectivity index (χ2v) is 7.14. The summed E-state index contributed by atoms with van der Waals surface area (Å²) >= 11 is 3.41. The molecule has 1 N–H and O–H groups in total. The van der Waals surface area contributed by atoms with E-state index in [1.807, 2.05) is 24.3 Å². The van der Waals surface area contributed by atoms with E-state index >= 15 is 0 Å². The lowest BCUT2D eigenvalue weighted by molar-refractivity contribution is -0.385. The van der Waals surface area contributed by atoms with E-state index in [2.05, 4.69) is 31.6 Å². The van der Waals surface area contributed by atoms with Crippen LogP contribution in [0.1, 0.15) is 21.6 Å². The molecule has 0 unspecified atom stereocenters. The quantitative estimate of drug-likeness (QED) is 0.335. The van der Waals surface area contributed by atoms with Gasteiger partial charge in [0.15, 0.2) is 11.5 Å². The molecule has 152 valence electrons. The van der Waals surface area contributed by atoms with Crippen molar-refractivity contribution < 1.29 is 19.2 Å². The van der Waals surface area contributed by atoms with Gasteiger partial charge >= 0.3 is 0 Å². The zero-order valence-electron chi connectivity index (χ0n) is 15.3. The number of benzene rings is 2. The molecule has 1 aromatic heterocycles. The Hall–Kier alpha value is -3.73. The van der Waals surface area contributed by atoms with Gasteiger partial charge in [0.25, 0.3) is 11.6 Å². The van der Waals surface area contributed by atoms with Gasteiger partial charge in [-0.2, -0.15) is 10.2 Å². The van der Waals surface area contributed by atoms with Crippen LogP contribution < -0.4 is 14.9 Å². The number of nitrogens with zero attached hydrogens (tertiary/aromatic N) is 4. The lowest BCUT2D eigenvalue weighted by atomic mass is 10.1. The summed E-state index contributed by atoms with van der Waals surface area (Å²) in [7, 11) is 0. The smallest absolute Gasteiger partial charge is 0.289 e. The van der Waals surface area contributed by atoms with Crippen molar-refractivity contribution in [3.8, 4) is 11.5 Å². The fourth-order valence-electron chi connectivity index (χ4n) is 2.89. The van der Waals surface area contributed by atoms with E-state index in [1.54, 1.807) is 6.07 Å². The van der Waals surface area contributed by atoms with Gasteiger partial charge in [-0.3, -0.25) is 19.6 Å². The van der Waals surface area contributed by atoms with Crippen molar-refractivity contribution in [2.75, 3.05) is 6.79 Å². The van der Waals surface area contributed by atoms with E-state index in [9.17, 15) is 14.9 Å². The van der Waals surface area contributed by atoms with Crippen LogP contribution in [0.3, 0.4) is 0 Å². The molecule has 2 heterocycles. The highest BCUT2D eigenvalue weighted by Gasteiger charge is 2.22. The molecule has 11 heteroatoms. The van der Waals surface area contributed by atoms with Gasteiger partial charge in [-0.25, -0.2) is 5.43 Å². The molecule has 0 atom stereocenters. The molecular weight excluding hydrogens is 458 g/mol. The molecule has 10 nitrogen and oxygen atoms in total. The van der Waals surface area contributed by atoms with E-state index in [-0.39, 0.29) is 18.0 Å². The van der Waals surface area contributed by atoms with Crippen LogP contribution in [-0.4, -0.2) is 33.6 Å². The molecule has 3 aromatic rings. The molecule has 0 saturated heterocycles. The normalized spacial score (nSPS) is 12.3. The van der Waals surface area contributed by atoms with Crippen molar-refractivity contribution >= 4 is 33.7 Å². The third-order valence-electron chi connectivity index (χ3n) is 4.26. The minimum atomic E-state index is -0.557. The van der Waals surface area contributed by atoms with Crippen LogP contribution in [0.5, 0.6) is 11.5 Å². The number of nitrogens with one attached hydrogen (secondary N) is 1. The first-order valence-electron chi connectivity index (χ1n) is 8.69. The predicted molar refractivity (Wildman–Crippen MR) is 110 cm³/mol. The van der Waals surface area contributed by atoms with Crippen LogP contribution in [-0.2, 0) is 6.54 Å². The molecule has 1 amide bonds. The van der Waals surface area contributed by atoms with Crippen LogP contribution in [0.4, 0.5) is 5.69 Å². The second kappa shape index (κ2) is 8.33. The first kappa shape index (κ1) is 19.6. The van der Waals surface area contributed by atoms with Crippen molar-refractivity contribution in [1.29, 1.82) is 0 Å². The van der Waals surface area contributed by atoms with Gasteiger partial charge in [0.2, 0.25) is 6.79 Å². The van der Waals surface area contributed by atoms with E-state index < -0.39 is 10.8 Å². The molecule has 0 saturated carbocycles. The SMILES string of the molecule is O=C(N/N=C\c1cc2c(cc1[N+](=O)[O-])OCO2)c1ccnn1Cc1cccc(Br)c1. The van der Waals surface area contributed by atoms with Gasteiger partial charge in [0.1, 0.15) is 5.69 Å². The first-order valence-corrected chi connectivity index (χ1v) is 9.48. The maximum atomic E-state index is 12.5. The fourth-order valence-corrected chi connectivity index (χ4v) is 3.33. The Labute approximate surface area is 178 Å². The minimum Gasteiger partial charge on any atom is -0.454 e. The summed E-state index contributed by atoms with van der Waals surface area (Å²) in [5.41, 5.74) is 3.59.